The van der Waals surface area contributed by atoms with E-state index >= 15 is 0 Å². The number of carbonyl (C=O) groups excluding carboxylic acids is 2. The third-order valence-electron chi connectivity index (χ3n) is 3.66. The quantitative estimate of drug-likeness (QED) is 0.637. The molecule has 1 aromatic heterocycles. The van der Waals surface area contributed by atoms with Crippen LogP contribution >= 0.6 is 11.6 Å². The van der Waals surface area contributed by atoms with Crippen molar-refractivity contribution in [1.82, 2.24) is 15.5 Å². The van der Waals surface area contributed by atoms with Crippen molar-refractivity contribution in [2.45, 2.75) is 6.42 Å². The van der Waals surface area contributed by atoms with Crippen LogP contribution in [0.5, 0.6) is 0 Å². The normalized spacial score (nSPS) is 10.5. The summed E-state index contributed by atoms with van der Waals surface area (Å²) in [7, 11) is 0. The lowest BCUT2D eigenvalue weighted by molar-refractivity contribution is -0.123. The van der Waals surface area contributed by atoms with Gasteiger partial charge in [-0.05, 0) is 24.3 Å². The van der Waals surface area contributed by atoms with Crippen molar-refractivity contribution in [1.29, 1.82) is 0 Å². The molecule has 2 amide bonds. The van der Waals surface area contributed by atoms with E-state index in [0.29, 0.717) is 27.2 Å². The van der Waals surface area contributed by atoms with Crippen molar-refractivity contribution in [3.8, 4) is 0 Å². The lowest BCUT2D eigenvalue weighted by Crippen LogP contribution is -2.34. The molecule has 0 unspecified atom stereocenters. The van der Waals surface area contributed by atoms with Crippen molar-refractivity contribution < 1.29 is 9.59 Å². The van der Waals surface area contributed by atoms with Gasteiger partial charge in [0.05, 0.1) is 24.0 Å². The van der Waals surface area contributed by atoms with Gasteiger partial charge >= 0.3 is 0 Å². The maximum atomic E-state index is 12.1. The minimum Gasteiger partial charge on any atom is -0.347 e. The molecule has 0 saturated carbocycles. The zero-order valence-corrected chi connectivity index (χ0v) is 14.3. The minimum absolute atomic E-state index is 0.0538. The molecule has 1 heterocycles. The number of amides is 2. The fraction of sp³-hybridized carbons (Fsp3) is 0.111. The van der Waals surface area contributed by atoms with Crippen molar-refractivity contribution in [2.24, 2.45) is 0 Å². The third-order valence-corrected chi connectivity index (χ3v) is 3.89. The zero-order chi connectivity index (χ0) is 18.5. The molecule has 132 valence electrons. The Hall–Kier alpha value is -3.19. The van der Waals surface area contributed by atoms with Crippen LogP contribution in [0.15, 0.2) is 53.3 Å². The van der Waals surface area contributed by atoms with Crippen molar-refractivity contribution in [3.05, 3.63) is 69.6 Å². The van der Waals surface area contributed by atoms with Gasteiger partial charge in [0, 0.05) is 16.1 Å². The van der Waals surface area contributed by atoms with Gasteiger partial charge in [-0.3, -0.25) is 14.4 Å². The SMILES string of the molecule is O=C(Cc1n[nH]c(=O)c2ccccc12)NCC(=O)Nc1cccc(Cl)c1. The Kier molecular flexibility index (Phi) is 5.28. The van der Waals surface area contributed by atoms with E-state index < -0.39 is 0 Å². The van der Waals surface area contributed by atoms with Crippen LogP contribution in [0.4, 0.5) is 5.69 Å². The largest absolute Gasteiger partial charge is 0.347 e. The van der Waals surface area contributed by atoms with Crippen molar-refractivity contribution in [2.75, 3.05) is 11.9 Å². The van der Waals surface area contributed by atoms with Gasteiger partial charge < -0.3 is 10.6 Å². The minimum atomic E-state index is -0.379. The molecule has 0 saturated heterocycles. The predicted octanol–water partition coefficient (Wildman–Crippen LogP) is 1.87. The number of halogens is 1. The molecule has 0 aliphatic heterocycles. The smallest absolute Gasteiger partial charge is 0.272 e. The lowest BCUT2D eigenvalue weighted by Gasteiger charge is -2.08. The number of hydrogen-bond donors (Lipinski definition) is 3. The van der Waals surface area contributed by atoms with E-state index in [9.17, 15) is 14.4 Å². The first-order valence-corrected chi connectivity index (χ1v) is 8.19. The van der Waals surface area contributed by atoms with Gasteiger partial charge in [-0.25, -0.2) is 5.10 Å². The Bertz CT molecular complexity index is 1030. The summed E-state index contributed by atoms with van der Waals surface area (Å²) in [5.74, 6) is -0.754. The van der Waals surface area contributed by atoms with E-state index in [1.54, 1.807) is 48.5 Å². The summed E-state index contributed by atoms with van der Waals surface area (Å²) in [5.41, 5.74) is 0.670. The van der Waals surface area contributed by atoms with Crippen molar-refractivity contribution in [3.63, 3.8) is 0 Å². The van der Waals surface area contributed by atoms with Gasteiger partial charge in [-0.15, -0.1) is 0 Å². The Morgan fingerprint density at radius 1 is 1.04 bits per heavy atom. The highest BCUT2D eigenvalue weighted by Gasteiger charge is 2.12. The van der Waals surface area contributed by atoms with E-state index in [1.165, 1.54) is 0 Å². The molecule has 26 heavy (non-hydrogen) atoms. The van der Waals surface area contributed by atoms with Crippen LogP contribution in [0.25, 0.3) is 10.8 Å². The molecule has 7 nitrogen and oxygen atoms in total. The van der Waals surface area contributed by atoms with Crippen LogP contribution in [0, 0.1) is 0 Å². The van der Waals surface area contributed by atoms with E-state index in [0.717, 1.165) is 0 Å². The van der Waals surface area contributed by atoms with Crippen LogP contribution in [0.3, 0.4) is 0 Å². The number of rotatable bonds is 5. The van der Waals surface area contributed by atoms with Gasteiger partial charge in [0.25, 0.3) is 5.56 Å². The number of carbonyl (C=O) groups is 2. The van der Waals surface area contributed by atoms with Crippen LogP contribution in [-0.2, 0) is 16.0 Å². The molecule has 8 heteroatoms. The van der Waals surface area contributed by atoms with Crippen LogP contribution in [0.1, 0.15) is 5.69 Å². The summed E-state index contributed by atoms with van der Waals surface area (Å²) in [5, 5.41) is 13.0. The Morgan fingerprint density at radius 3 is 2.58 bits per heavy atom. The summed E-state index contributed by atoms with van der Waals surface area (Å²) in [4.78, 5) is 35.8. The first kappa shape index (κ1) is 17.6. The Labute approximate surface area is 153 Å². The highest BCUT2D eigenvalue weighted by Crippen LogP contribution is 2.15. The average molecular weight is 371 g/mol. The zero-order valence-electron chi connectivity index (χ0n) is 13.6. The highest BCUT2D eigenvalue weighted by atomic mass is 35.5. The fourth-order valence-corrected chi connectivity index (χ4v) is 2.66. The summed E-state index contributed by atoms with van der Waals surface area (Å²) in [6, 6.07) is 13.6. The molecule has 0 atom stereocenters. The molecule has 0 radical (unpaired) electrons. The van der Waals surface area contributed by atoms with Gasteiger partial charge in [0.2, 0.25) is 11.8 Å². The van der Waals surface area contributed by atoms with Gasteiger partial charge in [0.15, 0.2) is 0 Å². The second-order valence-electron chi connectivity index (χ2n) is 5.56. The molecule has 0 aliphatic rings. The number of aromatic nitrogens is 2. The summed E-state index contributed by atoms with van der Waals surface area (Å²) in [6.07, 6.45) is -0.0538. The molecular formula is C18H15ClN4O3. The molecule has 2 aromatic carbocycles. The molecule has 0 bridgehead atoms. The molecule has 0 fully saturated rings. The van der Waals surface area contributed by atoms with E-state index in [4.69, 9.17) is 11.6 Å². The molecule has 3 rings (SSSR count). The standard InChI is InChI=1S/C18H15ClN4O3/c19-11-4-3-5-12(8-11)21-17(25)10-20-16(24)9-15-13-6-1-2-7-14(13)18(26)23-22-15/h1-8H,9-10H2,(H,20,24)(H,21,25)(H,23,26). The van der Waals surface area contributed by atoms with Gasteiger partial charge in [-0.1, -0.05) is 35.9 Å². The van der Waals surface area contributed by atoms with E-state index in [-0.39, 0.29) is 30.3 Å². The van der Waals surface area contributed by atoms with E-state index in [1.807, 2.05) is 0 Å². The first-order chi connectivity index (χ1) is 12.5. The Balaban J connectivity index is 1.60. The average Bonchev–Trinajstić information content (AvgIpc) is 2.63. The number of benzene rings is 2. The maximum absolute atomic E-state index is 12.1. The second kappa shape index (κ2) is 7.79. The number of fused-ring (bicyclic) bond motifs is 1. The summed E-state index contributed by atoms with van der Waals surface area (Å²) in [6.45, 7) is -0.188. The molecule has 0 aliphatic carbocycles. The second-order valence-corrected chi connectivity index (χ2v) is 5.99. The topological polar surface area (TPSA) is 104 Å². The molecule has 0 spiro atoms. The number of anilines is 1. The van der Waals surface area contributed by atoms with Crippen LogP contribution in [0.2, 0.25) is 5.02 Å². The van der Waals surface area contributed by atoms with Gasteiger partial charge in [0.1, 0.15) is 0 Å². The third kappa shape index (κ3) is 4.25. The predicted molar refractivity (Wildman–Crippen MR) is 99.2 cm³/mol. The molecule has 3 N–H and O–H groups in total. The fourth-order valence-electron chi connectivity index (χ4n) is 2.47. The molecule has 3 aromatic rings. The molecular weight excluding hydrogens is 356 g/mol. The van der Waals surface area contributed by atoms with Gasteiger partial charge in [-0.2, -0.15) is 5.10 Å². The number of nitrogens with zero attached hydrogens (tertiary/aromatic N) is 1. The van der Waals surface area contributed by atoms with E-state index in [2.05, 4.69) is 20.8 Å². The van der Waals surface area contributed by atoms with Crippen molar-refractivity contribution >= 4 is 39.9 Å². The number of nitrogens with one attached hydrogen (secondary N) is 3. The number of hydrogen-bond acceptors (Lipinski definition) is 4. The monoisotopic (exact) mass is 370 g/mol. The summed E-state index contributed by atoms with van der Waals surface area (Å²) >= 11 is 5.85. The number of aromatic amines is 1. The van der Waals surface area contributed by atoms with Crippen LogP contribution < -0.4 is 16.2 Å². The number of H-pyrrole nitrogens is 1. The summed E-state index contributed by atoms with van der Waals surface area (Å²) < 4.78 is 0. The Morgan fingerprint density at radius 2 is 1.81 bits per heavy atom. The van der Waals surface area contributed by atoms with Crippen LogP contribution in [-0.4, -0.2) is 28.6 Å². The maximum Gasteiger partial charge on any atom is 0.272 e. The first-order valence-electron chi connectivity index (χ1n) is 7.81. The highest BCUT2D eigenvalue weighted by molar-refractivity contribution is 6.30. The lowest BCUT2D eigenvalue weighted by atomic mass is 10.1.